The number of Topliss-reactive ketones (excluding diaryl/α,β-unsaturated/α-hetero) is 2. The van der Waals surface area contributed by atoms with Gasteiger partial charge < -0.3 is 26.2 Å². The molecule has 0 bridgehead atoms. The van der Waals surface area contributed by atoms with Gasteiger partial charge in [0.1, 0.15) is 22.8 Å². The van der Waals surface area contributed by atoms with Crippen LogP contribution in [0.3, 0.4) is 0 Å². The Morgan fingerprint density at radius 1 is 1.24 bits per heavy atom. The average molecular weight is 567 g/mol. The number of phenols is 1. The lowest BCUT2D eigenvalue weighted by Gasteiger charge is -2.50. The quantitative estimate of drug-likeness (QED) is 0.259. The molecule has 6 N–H and O–H groups in total. The van der Waals surface area contributed by atoms with Crippen LogP contribution in [-0.4, -0.2) is 68.5 Å². The molecule has 11 heteroatoms. The van der Waals surface area contributed by atoms with E-state index in [1.807, 2.05) is 6.08 Å². The van der Waals surface area contributed by atoms with E-state index in [4.69, 9.17) is 17.3 Å². The number of amides is 1. The van der Waals surface area contributed by atoms with E-state index in [1.165, 1.54) is 11.0 Å². The van der Waals surface area contributed by atoms with Crippen LogP contribution in [0, 0.1) is 11.8 Å². The van der Waals surface area contributed by atoms with Crippen LogP contribution in [-0.2, 0) is 20.8 Å². The number of unbranched alkanes of at least 4 members (excludes halogenated alkanes) is 2. The van der Waals surface area contributed by atoms with Crippen LogP contribution in [0.25, 0.3) is 10.8 Å². The van der Waals surface area contributed by atoms with Crippen molar-refractivity contribution >= 4 is 52.3 Å². The van der Waals surface area contributed by atoms with Gasteiger partial charge in [0, 0.05) is 16.5 Å². The molecule has 9 nitrogen and oxygen atoms in total. The Bertz CT molecular complexity index is 1300. The summed E-state index contributed by atoms with van der Waals surface area (Å²) in [5.74, 6) is -6.78. The SMILES string of the molecule is CCCC/C=C(\Cl)c1ccc(O)c2c1C[C@H]1C[C@H]3[C@H](N(C)C)C(=O)C(C(N)=O)=C(O)[C@@]3(O)C(=O)C1=C2O.Cl. The number of carbonyl (C=O) groups excluding carboxylic acids is 3. The molecule has 1 saturated carbocycles. The maximum Gasteiger partial charge on any atom is 0.255 e. The van der Waals surface area contributed by atoms with Crippen molar-refractivity contribution in [3.05, 3.63) is 51.8 Å². The number of fused-ring (bicyclic) bond motifs is 3. The highest BCUT2D eigenvalue weighted by Gasteiger charge is 2.64. The minimum Gasteiger partial charge on any atom is -0.508 e. The van der Waals surface area contributed by atoms with Gasteiger partial charge in [0.05, 0.1) is 11.6 Å². The number of phenolic OH excluding ortho intramolecular Hbond substituents is 1. The number of aromatic hydroxyl groups is 1. The highest BCUT2D eigenvalue weighted by atomic mass is 35.5. The predicted molar refractivity (Wildman–Crippen MR) is 145 cm³/mol. The Labute approximate surface area is 231 Å². The molecule has 3 aliphatic carbocycles. The van der Waals surface area contributed by atoms with Crippen LogP contribution in [0.15, 0.2) is 35.1 Å². The van der Waals surface area contributed by atoms with Gasteiger partial charge in [-0.05, 0) is 62.5 Å². The van der Waals surface area contributed by atoms with Gasteiger partial charge in [-0.15, -0.1) is 12.4 Å². The molecule has 1 amide bonds. The predicted octanol–water partition coefficient (Wildman–Crippen LogP) is 3.16. The normalized spacial score (nSPS) is 27.1. The van der Waals surface area contributed by atoms with E-state index in [0.29, 0.717) is 16.2 Å². The second-order valence-electron chi connectivity index (χ2n) is 10.1. The Morgan fingerprint density at radius 2 is 1.89 bits per heavy atom. The molecule has 0 spiro atoms. The van der Waals surface area contributed by atoms with Crippen molar-refractivity contribution in [1.29, 1.82) is 0 Å². The molecule has 206 valence electrons. The van der Waals surface area contributed by atoms with Crippen molar-refractivity contribution < 1.29 is 34.8 Å². The summed E-state index contributed by atoms with van der Waals surface area (Å²) in [5, 5.41) is 44.9. The summed E-state index contributed by atoms with van der Waals surface area (Å²) in [6.07, 6.45) is 4.76. The minimum atomic E-state index is -2.66. The number of allylic oxidation sites excluding steroid dienone is 1. The number of ketones is 2. The van der Waals surface area contributed by atoms with E-state index in [1.54, 1.807) is 20.2 Å². The number of nitrogens with two attached hydrogens (primary N) is 1. The van der Waals surface area contributed by atoms with Gasteiger partial charge >= 0.3 is 0 Å². The lowest BCUT2D eigenvalue weighted by Crippen LogP contribution is -2.65. The first-order chi connectivity index (χ1) is 17.4. The monoisotopic (exact) mass is 566 g/mol. The van der Waals surface area contributed by atoms with Crippen LogP contribution >= 0.6 is 24.0 Å². The molecule has 0 aliphatic heterocycles. The second-order valence-corrected chi connectivity index (χ2v) is 10.5. The minimum absolute atomic E-state index is 0. The number of primary amides is 1. The molecule has 0 heterocycles. The van der Waals surface area contributed by atoms with Crippen LogP contribution in [0.5, 0.6) is 5.75 Å². The van der Waals surface area contributed by atoms with Crippen LogP contribution < -0.4 is 5.73 Å². The zero-order valence-corrected chi connectivity index (χ0v) is 22.9. The van der Waals surface area contributed by atoms with E-state index in [9.17, 15) is 34.8 Å². The average Bonchev–Trinajstić information content (AvgIpc) is 2.81. The van der Waals surface area contributed by atoms with Gasteiger partial charge in [-0.2, -0.15) is 0 Å². The third kappa shape index (κ3) is 4.31. The van der Waals surface area contributed by atoms with Crippen molar-refractivity contribution in [3.63, 3.8) is 0 Å². The highest BCUT2D eigenvalue weighted by Crippen LogP contribution is 2.53. The van der Waals surface area contributed by atoms with Crippen molar-refractivity contribution in [2.24, 2.45) is 17.6 Å². The summed E-state index contributed by atoms with van der Waals surface area (Å²) < 4.78 is 0. The van der Waals surface area contributed by atoms with E-state index in [0.717, 1.165) is 19.3 Å². The number of hydrogen-bond donors (Lipinski definition) is 5. The summed E-state index contributed by atoms with van der Waals surface area (Å²) in [6, 6.07) is 1.90. The summed E-state index contributed by atoms with van der Waals surface area (Å²) in [4.78, 5) is 40.5. The zero-order valence-electron chi connectivity index (χ0n) is 21.3. The molecule has 1 aromatic rings. The third-order valence-electron chi connectivity index (χ3n) is 7.74. The molecule has 1 fully saturated rings. The summed E-state index contributed by atoms with van der Waals surface area (Å²) in [5.41, 5.74) is 2.83. The molecule has 0 saturated heterocycles. The Balaban J connectivity index is 0.00000400. The van der Waals surface area contributed by atoms with E-state index >= 15 is 0 Å². The highest BCUT2D eigenvalue weighted by molar-refractivity contribution is 6.49. The molecular formula is C27H32Cl2N2O7. The summed E-state index contributed by atoms with van der Waals surface area (Å²) in [7, 11) is 3.12. The molecule has 4 rings (SSSR count). The van der Waals surface area contributed by atoms with E-state index in [-0.39, 0.29) is 42.1 Å². The molecule has 38 heavy (non-hydrogen) atoms. The van der Waals surface area contributed by atoms with Gasteiger partial charge in [0.2, 0.25) is 5.78 Å². The van der Waals surface area contributed by atoms with Crippen LogP contribution in [0.2, 0.25) is 0 Å². The van der Waals surface area contributed by atoms with Crippen molar-refractivity contribution in [1.82, 2.24) is 4.90 Å². The van der Waals surface area contributed by atoms with Crippen molar-refractivity contribution in [3.8, 4) is 5.75 Å². The Kier molecular flexibility index (Phi) is 8.38. The first-order valence-electron chi connectivity index (χ1n) is 12.2. The van der Waals surface area contributed by atoms with Gasteiger partial charge in [0.15, 0.2) is 11.4 Å². The molecule has 3 aliphatic rings. The lowest BCUT2D eigenvalue weighted by atomic mass is 9.57. The van der Waals surface area contributed by atoms with Crippen LogP contribution in [0.4, 0.5) is 0 Å². The van der Waals surface area contributed by atoms with E-state index < -0.39 is 58.0 Å². The van der Waals surface area contributed by atoms with Crippen molar-refractivity contribution in [2.45, 2.75) is 50.7 Å². The zero-order chi connectivity index (χ0) is 27.4. The molecule has 0 radical (unpaired) electrons. The standard InChI is InChI=1S/C27H31ClN2O7.ClH/c1-4-5-6-7-16(28)13-8-9-17(31)19-14(13)10-12-11-15-21(30(2)3)23(33)20(26(29)36)25(35)27(15,37)24(34)18(12)22(19)32;/h7-9,12,15,21,31-32,35,37H,4-6,10-11H2,1-3H3,(H2,29,36);1H/b16-7-;/t12-,15-,21-,27-;/m0./s1. The first kappa shape index (κ1) is 29.7. The third-order valence-corrected chi connectivity index (χ3v) is 8.10. The Hall–Kier alpha value is -2.85. The molecular weight excluding hydrogens is 535 g/mol. The largest absolute Gasteiger partial charge is 0.508 e. The fourth-order valence-electron chi connectivity index (χ4n) is 6.01. The molecule has 0 aromatic heterocycles. The number of halogens is 2. The smallest absolute Gasteiger partial charge is 0.255 e. The molecule has 1 aromatic carbocycles. The van der Waals surface area contributed by atoms with Crippen LogP contribution in [0.1, 0.15) is 49.3 Å². The number of rotatable bonds is 6. The van der Waals surface area contributed by atoms with Gasteiger partial charge in [-0.1, -0.05) is 37.4 Å². The number of nitrogens with zero attached hydrogens (tertiary/aromatic N) is 1. The van der Waals surface area contributed by atoms with Crippen molar-refractivity contribution in [2.75, 3.05) is 14.1 Å². The first-order valence-corrected chi connectivity index (χ1v) is 12.6. The fraction of sp³-hybridized carbons (Fsp3) is 0.444. The molecule has 0 unspecified atom stereocenters. The number of benzene rings is 1. The second kappa shape index (κ2) is 10.7. The van der Waals surface area contributed by atoms with E-state index in [2.05, 4.69) is 6.92 Å². The van der Waals surface area contributed by atoms with Gasteiger partial charge in [-0.25, -0.2) is 0 Å². The summed E-state index contributed by atoms with van der Waals surface area (Å²) >= 11 is 6.60. The number of carbonyl (C=O) groups is 3. The maximum absolute atomic E-state index is 13.8. The fourth-order valence-corrected chi connectivity index (χ4v) is 6.30. The number of aliphatic hydroxyl groups excluding tert-OH is 2. The topological polar surface area (TPSA) is 161 Å². The number of hydrogen-bond acceptors (Lipinski definition) is 8. The summed E-state index contributed by atoms with van der Waals surface area (Å²) in [6.45, 7) is 2.06. The number of likely N-dealkylation sites (N-methyl/N-ethyl adjacent to an activating group) is 1. The Morgan fingerprint density at radius 3 is 2.47 bits per heavy atom. The molecule has 4 atom stereocenters. The van der Waals surface area contributed by atoms with Gasteiger partial charge in [-0.3, -0.25) is 19.3 Å². The lowest BCUT2D eigenvalue weighted by molar-refractivity contribution is -0.153. The maximum atomic E-state index is 13.8. The number of aliphatic hydroxyl groups is 3. The van der Waals surface area contributed by atoms with Gasteiger partial charge in [0.25, 0.3) is 5.91 Å².